The minimum Gasteiger partial charge on any atom is -0.493 e. The van der Waals surface area contributed by atoms with Crippen LogP contribution in [0.3, 0.4) is 0 Å². The third kappa shape index (κ3) is 3.66. The van der Waals surface area contributed by atoms with Crippen molar-refractivity contribution in [2.45, 2.75) is 38.1 Å². The molecule has 0 amide bonds. The van der Waals surface area contributed by atoms with Gasteiger partial charge in [0.2, 0.25) is 0 Å². The van der Waals surface area contributed by atoms with Gasteiger partial charge in [-0.3, -0.25) is 0 Å². The number of ether oxygens (including phenoxy) is 1. The lowest BCUT2D eigenvalue weighted by atomic mass is 9.86. The van der Waals surface area contributed by atoms with Crippen LogP contribution in [0.1, 0.15) is 36.8 Å². The van der Waals surface area contributed by atoms with Gasteiger partial charge in [-0.05, 0) is 65.7 Å². The summed E-state index contributed by atoms with van der Waals surface area (Å²) in [4.78, 5) is 0. The van der Waals surface area contributed by atoms with E-state index in [9.17, 15) is 0 Å². The number of thiophene rings is 1. The number of benzene rings is 1. The van der Waals surface area contributed by atoms with Crippen molar-refractivity contribution < 1.29 is 4.74 Å². The zero-order chi connectivity index (χ0) is 14.5. The Balaban J connectivity index is 1.71. The van der Waals surface area contributed by atoms with Gasteiger partial charge in [0, 0.05) is 6.04 Å². The largest absolute Gasteiger partial charge is 0.493 e. The summed E-state index contributed by atoms with van der Waals surface area (Å²) in [5, 5.41) is 8.10. The van der Waals surface area contributed by atoms with E-state index >= 15 is 0 Å². The molecule has 0 bridgehead atoms. The number of likely N-dealkylation sites (N-methyl/N-ethyl adjacent to an activating group) is 1. The lowest BCUT2D eigenvalue weighted by molar-refractivity contribution is 0.255. The van der Waals surface area contributed by atoms with Gasteiger partial charge >= 0.3 is 0 Å². The highest BCUT2D eigenvalue weighted by molar-refractivity contribution is 7.07. The molecule has 0 fully saturated rings. The van der Waals surface area contributed by atoms with E-state index in [1.54, 1.807) is 11.3 Å². The molecule has 0 spiro atoms. The first-order valence-corrected chi connectivity index (χ1v) is 8.77. The Hall–Kier alpha value is -1.32. The molecule has 2 atom stereocenters. The number of hydrogen-bond donors (Lipinski definition) is 1. The maximum Gasteiger partial charge on any atom is 0.122 e. The van der Waals surface area contributed by atoms with Gasteiger partial charge in [0.25, 0.3) is 0 Å². The molecular formula is C18H23NOS. The predicted molar refractivity (Wildman–Crippen MR) is 89.4 cm³/mol. The molecule has 1 N–H and O–H groups in total. The average molecular weight is 301 g/mol. The molecule has 1 aromatic heterocycles. The van der Waals surface area contributed by atoms with Crippen molar-refractivity contribution in [3.05, 3.63) is 52.2 Å². The molecule has 2 aromatic rings. The van der Waals surface area contributed by atoms with Gasteiger partial charge in [0.15, 0.2) is 0 Å². The predicted octanol–water partition coefficient (Wildman–Crippen LogP) is 4.23. The summed E-state index contributed by atoms with van der Waals surface area (Å²) in [7, 11) is 0. The van der Waals surface area contributed by atoms with Gasteiger partial charge in [-0.25, -0.2) is 0 Å². The Morgan fingerprint density at radius 3 is 3.05 bits per heavy atom. The van der Waals surface area contributed by atoms with Gasteiger partial charge in [0.05, 0.1) is 6.61 Å². The Morgan fingerprint density at radius 2 is 2.24 bits per heavy atom. The number of nitrogens with one attached hydrogen (secondary N) is 1. The zero-order valence-electron chi connectivity index (χ0n) is 12.5. The van der Waals surface area contributed by atoms with Crippen molar-refractivity contribution in [3.63, 3.8) is 0 Å². The SMILES string of the molecule is CCNC(Cc1ccsc1)CC1CCOc2ccccc21. The Bertz CT molecular complexity index is 552. The first-order valence-electron chi connectivity index (χ1n) is 7.83. The smallest absolute Gasteiger partial charge is 0.122 e. The Morgan fingerprint density at radius 1 is 1.33 bits per heavy atom. The van der Waals surface area contributed by atoms with Crippen LogP contribution in [0.15, 0.2) is 41.1 Å². The second kappa shape index (κ2) is 7.10. The van der Waals surface area contributed by atoms with E-state index < -0.39 is 0 Å². The maximum absolute atomic E-state index is 5.78. The molecule has 112 valence electrons. The second-order valence-electron chi connectivity index (χ2n) is 5.70. The van der Waals surface area contributed by atoms with E-state index in [1.807, 2.05) is 0 Å². The standard InChI is InChI=1S/C18H23NOS/c1-2-19-16(11-14-8-10-21-13-14)12-15-7-9-20-18-6-4-3-5-17(15)18/h3-6,8,10,13,15-16,19H,2,7,9,11-12H2,1H3. The Labute approximate surface area is 131 Å². The van der Waals surface area contributed by atoms with Gasteiger partial charge in [-0.15, -0.1) is 0 Å². The number of hydrogen-bond acceptors (Lipinski definition) is 3. The van der Waals surface area contributed by atoms with E-state index in [0.29, 0.717) is 12.0 Å². The molecule has 2 heterocycles. The average Bonchev–Trinajstić information content (AvgIpc) is 3.01. The van der Waals surface area contributed by atoms with Crippen LogP contribution in [0, 0.1) is 0 Å². The quantitative estimate of drug-likeness (QED) is 0.862. The summed E-state index contributed by atoms with van der Waals surface area (Å²) in [6.07, 6.45) is 3.43. The van der Waals surface area contributed by atoms with E-state index in [1.165, 1.54) is 17.5 Å². The van der Waals surface area contributed by atoms with E-state index in [2.05, 4.69) is 53.3 Å². The van der Waals surface area contributed by atoms with Gasteiger partial charge in [0.1, 0.15) is 5.75 Å². The lowest BCUT2D eigenvalue weighted by Crippen LogP contribution is -2.33. The second-order valence-corrected chi connectivity index (χ2v) is 6.48. The summed E-state index contributed by atoms with van der Waals surface area (Å²) in [6.45, 7) is 4.07. The van der Waals surface area contributed by atoms with Crippen LogP contribution in [-0.4, -0.2) is 19.2 Å². The molecule has 2 unspecified atom stereocenters. The molecule has 0 aliphatic carbocycles. The fraction of sp³-hybridized carbons (Fsp3) is 0.444. The molecule has 3 heteroatoms. The highest BCUT2D eigenvalue weighted by Crippen LogP contribution is 2.36. The van der Waals surface area contributed by atoms with Crippen LogP contribution >= 0.6 is 11.3 Å². The van der Waals surface area contributed by atoms with Crippen LogP contribution in [0.4, 0.5) is 0 Å². The van der Waals surface area contributed by atoms with Crippen LogP contribution in [0.25, 0.3) is 0 Å². The van der Waals surface area contributed by atoms with Crippen molar-refractivity contribution in [1.29, 1.82) is 0 Å². The highest BCUT2D eigenvalue weighted by atomic mass is 32.1. The highest BCUT2D eigenvalue weighted by Gasteiger charge is 2.24. The topological polar surface area (TPSA) is 21.3 Å². The van der Waals surface area contributed by atoms with Gasteiger partial charge in [-0.2, -0.15) is 11.3 Å². The monoisotopic (exact) mass is 301 g/mol. The molecule has 1 aliphatic heterocycles. The third-order valence-electron chi connectivity index (χ3n) is 4.21. The number of para-hydroxylation sites is 1. The minimum atomic E-state index is 0.542. The van der Waals surface area contributed by atoms with Crippen molar-refractivity contribution in [2.75, 3.05) is 13.2 Å². The molecule has 0 saturated heterocycles. The molecule has 0 radical (unpaired) electrons. The van der Waals surface area contributed by atoms with Crippen LogP contribution in [0.5, 0.6) is 5.75 Å². The van der Waals surface area contributed by atoms with Crippen molar-refractivity contribution in [1.82, 2.24) is 5.32 Å². The van der Waals surface area contributed by atoms with Gasteiger partial charge in [-0.1, -0.05) is 25.1 Å². The summed E-state index contributed by atoms with van der Waals surface area (Å²) >= 11 is 1.79. The van der Waals surface area contributed by atoms with Crippen LogP contribution < -0.4 is 10.1 Å². The fourth-order valence-electron chi connectivity index (χ4n) is 3.22. The molecular weight excluding hydrogens is 278 g/mol. The maximum atomic E-state index is 5.78. The molecule has 0 saturated carbocycles. The fourth-order valence-corrected chi connectivity index (χ4v) is 3.91. The van der Waals surface area contributed by atoms with E-state index in [0.717, 1.165) is 31.7 Å². The van der Waals surface area contributed by atoms with Gasteiger partial charge < -0.3 is 10.1 Å². The Kier molecular flexibility index (Phi) is 4.94. The van der Waals surface area contributed by atoms with E-state index in [4.69, 9.17) is 4.74 Å². The molecule has 2 nitrogen and oxygen atoms in total. The zero-order valence-corrected chi connectivity index (χ0v) is 13.4. The molecule has 1 aliphatic rings. The summed E-state index contributed by atoms with van der Waals surface area (Å²) in [5.74, 6) is 1.69. The minimum absolute atomic E-state index is 0.542. The van der Waals surface area contributed by atoms with Crippen LogP contribution in [-0.2, 0) is 6.42 Å². The summed E-state index contributed by atoms with van der Waals surface area (Å²) in [5.41, 5.74) is 2.84. The first-order chi connectivity index (χ1) is 10.4. The number of fused-ring (bicyclic) bond motifs is 1. The summed E-state index contributed by atoms with van der Waals surface area (Å²) in [6, 6.07) is 11.3. The molecule has 1 aromatic carbocycles. The number of rotatable bonds is 6. The van der Waals surface area contributed by atoms with E-state index in [-0.39, 0.29) is 0 Å². The first kappa shape index (κ1) is 14.6. The van der Waals surface area contributed by atoms with Crippen molar-refractivity contribution in [2.24, 2.45) is 0 Å². The third-order valence-corrected chi connectivity index (χ3v) is 4.94. The normalized spacial score (nSPS) is 18.8. The summed E-state index contributed by atoms with van der Waals surface area (Å²) < 4.78 is 5.78. The van der Waals surface area contributed by atoms with Crippen molar-refractivity contribution >= 4 is 11.3 Å². The molecule has 3 rings (SSSR count). The molecule has 21 heavy (non-hydrogen) atoms. The van der Waals surface area contributed by atoms with Crippen LogP contribution in [0.2, 0.25) is 0 Å². The van der Waals surface area contributed by atoms with Crippen molar-refractivity contribution in [3.8, 4) is 5.75 Å². The lowest BCUT2D eigenvalue weighted by Gasteiger charge is -2.29.